The highest BCUT2D eigenvalue weighted by Crippen LogP contribution is 2.44. The predicted molar refractivity (Wildman–Crippen MR) is 170 cm³/mol. The van der Waals surface area contributed by atoms with E-state index in [2.05, 4.69) is 155 Å². The number of furan rings is 1. The smallest absolute Gasteiger partial charge is 0.213 e. The quantitative estimate of drug-likeness (QED) is 0.225. The Kier molecular flexibility index (Phi) is 4.61. The van der Waals surface area contributed by atoms with Crippen molar-refractivity contribution in [2.45, 2.75) is 0 Å². The van der Waals surface area contributed by atoms with Gasteiger partial charge >= 0.3 is 0 Å². The van der Waals surface area contributed by atoms with Crippen molar-refractivity contribution in [2.24, 2.45) is 0 Å². The van der Waals surface area contributed by atoms with Crippen LogP contribution in [0, 0.1) is 0 Å². The summed E-state index contributed by atoms with van der Waals surface area (Å²) in [7, 11) is 0. The molecular weight excluding hydrogens is 500 g/mol. The molecule has 3 aromatic heterocycles. The van der Waals surface area contributed by atoms with Gasteiger partial charge in [-0.25, -0.2) is 0 Å². The molecule has 192 valence electrons. The molecular formula is C38H24N2O. The Morgan fingerprint density at radius 3 is 1.83 bits per heavy atom. The topological polar surface area (TPSA) is 23.0 Å². The monoisotopic (exact) mass is 524 g/mol. The molecule has 3 heterocycles. The molecule has 0 aliphatic carbocycles. The normalized spacial score (nSPS) is 11.9. The predicted octanol–water partition coefficient (Wildman–Crippen LogP) is 10.3. The van der Waals surface area contributed by atoms with E-state index in [0.717, 1.165) is 50.0 Å². The van der Waals surface area contributed by atoms with Gasteiger partial charge in [-0.2, -0.15) is 0 Å². The molecule has 0 saturated carbocycles. The molecule has 0 aliphatic heterocycles. The fraction of sp³-hybridized carbons (Fsp3) is 0. The third-order valence-corrected chi connectivity index (χ3v) is 8.32. The van der Waals surface area contributed by atoms with E-state index in [1.165, 1.54) is 27.3 Å². The van der Waals surface area contributed by atoms with Crippen molar-refractivity contribution in [1.29, 1.82) is 0 Å². The van der Waals surface area contributed by atoms with Crippen LogP contribution in [0.2, 0.25) is 0 Å². The van der Waals surface area contributed by atoms with Gasteiger partial charge in [0.05, 0.1) is 21.9 Å². The van der Waals surface area contributed by atoms with Crippen molar-refractivity contribution < 1.29 is 4.42 Å². The van der Waals surface area contributed by atoms with E-state index in [4.69, 9.17) is 4.42 Å². The van der Waals surface area contributed by atoms with Crippen LogP contribution in [0.4, 0.5) is 0 Å². The number of nitrogens with zero attached hydrogens (tertiary/aromatic N) is 2. The Morgan fingerprint density at radius 1 is 0.415 bits per heavy atom. The molecule has 0 bridgehead atoms. The number of aromatic nitrogens is 2. The molecule has 0 fully saturated rings. The molecule has 9 aromatic rings. The zero-order chi connectivity index (χ0) is 26.9. The Balaban J connectivity index is 1.43. The Morgan fingerprint density at radius 2 is 1.02 bits per heavy atom. The molecule has 0 spiro atoms. The second kappa shape index (κ2) is 8.48. The fourth-order valence-corrected chi connectivity index (χ4v) is 6.55. The molecule has 0 aliphatic rings. The van der Waals surface area contributed by atoms with Crippen molar-refractivity contribution in [2.75, 3.05) is 0 Å². The van der Waals surface area contributed by atoms with Gasteiger partial charge in [-0.1, -0.05) is 103 Å². The van der Waals surface area contributed by atoms with Crippen LogP contribution in [0.3, 0.4) is 0 Å². The second-order valence-electron chi connectivity index (χ2n) is 10.6. The summed E-state index contributed by atoms with van der Waals surface area (Å²) in [6.07, 6.45) is 0. The van der Waals surface area contributed by atoms with Gasteiger partial charge in [0.2, 0.25) is 5.71 Å². The molecule has 3 nitrogen and oxygen atoms in total. The van der Waals surface area contributed by atoms with Crippen molar-refractivity contribution in [1.82, 2.24) is 9.13 Å². The minimum absolute atomic E-state index is 0.870. The van der Waals surface area contributed by atoms with Gasteiger partial charge in [0.1, 0.15) is 0 Å². The molecule has 0 atom stereocenters. The largest absolute Gasteiger partial charge is 0.437 e. The Labute approximate surface area is 236 Å². The standard InChI is InChI=1S/C38H24N2O/c1-3-12-25(13-4-1)26-14-11-17-28(24-26)39-33-20-9-7-18-29(33)30-22-23-32-35-31-19-8-10-21-34(31)40(27-15-5-2-6-16-27)38(35)41-37(32)36(30)39/h1-24H. The van der Waals surface area contributed by atoms with Crippen LogP contribution in [-0.2, 0) is 0 Å². The summed E-state index contributed by atoms with van der Waals surface area (Å²) < 4.78 is 11.6. The van der Waals surface area contributed by atoms with Crippen LogP contribution in [-0.4, -0.2) is 9.13 Å². The molecule has 41 heavy (non-hydrogen) atoms. The molecule has 6 aromatic carbocycles. The van der Waals surface area contributed by atoms with Crippen LogP contribution in [0.1, 0.15) is 0 Å². The van der Waals surface area contributed by atoms with Crippen LogP contribution < -0.4 is 0 Å². The summed E-state index contributed by atoms with van der Waals surface area (Å²) in [5.74, 6) is 0. The number of fused-ring (bicyclic) bond motifs is 9. The number of benzene rings is 6. The lowest BCUT2D eigenvalue weighted by Gasteiger charge is -2.11. The van der Waals surface area contributed by atoms with Crippen LogP contribution >= 0.6 is 0 Å². The van der Waals surface area contributed by atoms with Crippen molar-refractivity contribution in [3.05, 3.63) is 146 Å². The SMILES string of the molecule is c1ccc(-c2cccc(-n3c4ccccc4c4ccc5c(oc6c5c5ccccc5n6-c5ccccc5)c43)c2)cc1. The summed E-state index contributed by atoms with van der Waals surface area (Å²) in [5.41, 5.74) is 9.77. The summed E-state index contributed by atoms with van der Waals surface area (Å²) >= 11 is 0. The van der Waals surface area contributed by atoms with Gasteiger partial charge in [0.15, 0.2) is 5.58 Å². The zero-order valence-electron chi connectivity index (χ0n) is 22.2. The van der Waals surface area contributed by atoms with E-state index in [1.807, 2.05) is 0 Å². The average Bonchev–Trinajstić information content (AvgIpc) is 3.69. The summed E-state index contributed by atoms with van der Waals surface area (Å²) in [6.45, 7) is 0. The first-order valence-corrected chi connectivity index (χ1v) is 14.0. The van der Waals surface area contributed by atoms with Gasteiger partial charge in [-0.15, -0.1) is 0 Å². The first-order valence-electron chi connectivity index (χ1n) is 14.0. The van der Waals surface area contributed by atoms with E-state index < -0.39 is 0 Å². The number of hydrogen-bond acceptors (Lipinski definition) is 1. The summed E-state index contributed by atoms with van der Waals surface area (Å²) in [5, 5.41) is 5.87. The van der Waals surface area contributed by atoms with E-state index in [9.17, 15) is 0 Å². The van der Waals surface area contributed by atoms with Gasteiger partial charge in [-0.05, 0) is 53.6 Å². The Hall–Kier alpha value is -5.54. The third-order valence-electron chi connectivity index (χ3n) is 8.32. The van der Waals surface area contributed by atoms with Gasteiger partial charge in [0, 0.05) is 32.9 Å². The van der Waals surface area contributed by atoms with Crippen LogP contribution in [0.15, 0.2) is 150 Å². The Bertz CT molecular complexity index is 2410. The molecule has 0 saturated heterocycles. The summed E-state index contributed by atoms with van der Waals surface area (Å²) in [4.78, 5) is 0. The molecule has 0 N–H and O–H groups in total. The lowest BCUT2D eigenvalue weighted by molar-refractivity contribution is 0.647. The first-order chi connectivity index (χ1) is 20.4. The van der Waals surface area contributed by atoms with Gasteiger partial charge in [0.25, 0.3) is 0 Å². The molecule has 0 radical (unpaired) electrons. The van der Waals surface area contributed by atoms with Gasteiger partial charge in [-0.3, -0.25) is 4.57 Å². The van der Waals surface area contributed by atoms with Crippen molar-refractivity contribution in [3.8, 4) is 22.5 Å². The maximum absolute atomic E-state index is 6.98. The number of hydrogen-bond donors (Lipinski definition) is 0. The lowest BCUT2D eigenvalue weighted by atomic mass is 10.1. The average molecular weight is 525 g/mol. The maximum atomic E-state index is 6.98. The maximum Gasteiger partial charge on any atom is 0.213 e. The minimum atomic E-state index is 0.870. The zero-order valence-corrected chi connectivity index (χ0v) is 22.2. The highest BCUT2D eigenvalue weighted by molar-refractivity contribution is 6.26. The van der Waals surface area contributed by atoms with Crippen molar-refractivity contribution in [3.63, 3.8) is 0 Å². The number of rotatable bonds is 3. The van der Waals surface area contributed by atoms with E-state index in [1.54, 1.807) is 0 Å². The van der Waals surface area contributed by atoms with E-state index in [0.29, 0.717) is 0 Å². The van der Waals surface area contributed by atoms with E-state index >= 15 is 0 Å². The van der Waals surface area contributed by atoms with Crippen LogP contribution in [0.5, 0.6) is 0 Å². The first kappa shape index (κ1) is 22.3. The summed E-state index contributed by atoms with van der Waals surface area (Å²) in [6, 6.07) is 51.6. The van der Waals surface area contributed by atoms with Gasteiger partial charge < -0.3 is 8.98 Å². The second-order valence-corrected chi connectivity index (χ2v) is 10.6. The number of para-hydroxylation sites is 3. The van der Waals surface area contributed by atoms with Crippen LogP contribution in [0.25, 0.3) is 77.3 Å². The minimum Gasteiger partial charge on any atom is -0.437 e. The lowest BCUT2D eigenvalue weighted by Crippen LogP contribution is -1.95. The molecule has 0 unspecified atom stereocenters. The highest BCUT2D eigenvalue weighted by atomic mass is 16.3. The third kappa shape index (κ3) is 3.14. The van der Waals surface area contributed by atoms with Crippen molar-refractivity contribution >= 4 is 54.8 Å². The molecule has 9 rings (SSSR count). The van der Waals surface area contributed by atoms with E-state index in [-0.39, 0.29) is 0 Å². The fourth-order valence-electron chi connectivity index (χ4n) is 6.55. The highest BCUT2D eigenvalue weighted by Gasteiger charge is 2.23. The molecule has 0 amide bonds. The molecule has 3 heteroatoms.